The number of amides is 1. The second-order valence-corrected chi connectivity index (χ2v) is 13.9. The average molecular weight is 649 g/mol. The lowest BCUT2D eigenvalue weighted by Crippen LogP contribution is -2.29. The summed E-state index contributed by atoms with van der Waals surface area (Å²) in [5, 5.41) is 18.0. The Bertz CT molecular complexity index is 1770. The summed E-state index contributed by atoms with van der Waals surface area (Å²) in [5.74, 6) is 1.25. The Morgan fingerprint density at radius 1 is 0.956 bits per heavy atom. The van der Waals surface area contributed by atoms with Gasteiger partial charge in [0.1, 0.15) is 5.01 Å². The van der Waals surface area contributed by atoms with Crippen LogP contribution in [0, 0.1) is 32.6 Å². The van der Waals surface area contributed by atoms with Gasteiger partial charge in [0.15, 0.2) is 0 Å². The summed E-state index contributed by atoms with van der Waals surface area (Å²) in [6.45, 7) is 10.7. The van der Waals surface area contributed by atoms with E-state index in [1.54, 1.807) is 19.1 Å². The molecule has 0 atom stereocenters. The van der Waals surface area contributed by atoms with Gasteiger partial charge in [0.25, 0.3) is 16.0 Å². The largest absolute Gasteiger partial charge is 0.354 e. The number of benzene rings is 2. The van der Waals surface area contributed by atoms with Crippen LogP contribution in [0.25, 0.3) is 0 Å². The van der Waals surface area contributed by atoms with Crippen molar-refractivity contribution in [2.75, 3.05) is 27.2 Å². The molecule has 2 aromatic heterocycles. The zero-order chi connectivity index (χ0) is 32.0. The van der Waals surface area contributed by atoms with Crippen molar-refractivity contribution in [1.29, 1.82) is 0 Å². The second-order valence-electron chi connectivity index (χ2n) is 11.0. The molecule has 1 aliphatic rings. The molecule has 0 bridgehead atoms. The maximum atomic E-state index is 13.0. The van der Waals surface area contributed by atoms with E-state index in [0.29, 0.717) is 41.6 Å². The normalized spacial score (nSPS) is 16.5. The number of anilines is 4. The molecule has 0 aliphatic heterocycles. The van der Waals surface area contributed by atoms with E-state index in [-0.39, 0.29) is 27.8 Å². The van der Waals surface area contributed by atoms with Crippen LogP contribution in [0.2, 0.25) is 0 Å². The average Bonchev–Trinajstić information content (AvgIpc) is 3.44. The van der Waals surface area contributed by atoms with E-state index in [9.17, 15) is 13.2 Å². The summed E-state index contributed by atoms with van der Waals surface area (Å²) >= 11 is 1.15. The minimum atomic E-state index is -3.81. The fourth-order valence-corrected chi connectivity index (χ4v) is 6.93. The Kier molecular flexibility index (Phi) is 9.98. The van der Waals surface area contributed by atoms with Gasteiger partial charge in [-0.3, -0.25) is 9.52 Å². The van der Waals surface area contributed by atoms with Crippen LogP contribution in [0.3, 0.4) is 0 Å². The molecule has 5 rings (SSSR count). The number of nitrogens with zero attached hydrogens (tertiary/aromatic N) is 6. The molecule has 0 spiro atoms. The number of hydrogen-bond acceptors (Lipinski definition) is 12. The SMILES string of the molecule is C=Nc1nc(NCc2cccc(C)c2C)nc(NCC2CCC(C(=O)Nc3ccc(S(=O)(=O)Nc4nnc(C)s4)cc3)CC2)n1. The van der Waals surface area contributed by atoms with Gasteiger partial charge in [-0.25, -0.2) is 13.4 Å². The Balaban J connectivity index is 1.09. The molecule has 1 amide bonds. The van der Waals surface area contributed by atoms with Crippen LogP contribution in [-0.2, 0) is 21.4 Å². The molecular formula is C30H36N10O3S2. The highest BCUT2D eigenvalue weighted by atomic mass is 32.2. The first-order valence-electron chi connectivity index (χ1n) is 14.6. The molecule has 45 heavy (non-hydrogen) atoms. The molecule has 15 heteroatoms. The predicted molar refractivity (Wildman–Crippen MR) is 177 cm³/mol. The molecule has 2 aromatic carbocycles. The van der Waals surface area contributed by atoms with E-state index in [2.05, 4.69) is 83.5 Å². The van der Waals surface area contributed by atoms with Crippen LogP contribution in [-0.4, -0.2) is 52.7 Å². The van der Waals surface area contributed by atoms with Crippen molar-refractivity contribution in [3.63, 3.8) is 0 Å². The van der Waals surface area contributed by atoms with Gasteiger partial charge in [-0.05, 0) is 100 Å². The van der Waals surface area contributed by atoms with Crippen LogP contribution in [0.1, 0.15) is 47.4 Å². The predicted octanol–water partition coefficient (Wildman–Crippen LogP) is 5.25. The van der Waals surface area contributed by atoms with Gasteiger partial charge in [0.05, 0.1) is 4.90 Å². The number of aliphatic imine (C=N–C) groups is 1. The van der Waals surface area contributed by atoms with E-state index in [4.69, 9.17) is 0 Å². The van der Waals surface area contributed by atoms with Crippen molar-refractivity contribution < 1.29 is 13.2 Å². The molecule has 236 valence electrons. The fraction of sp³-hybridized carbons (Fsp3) is 0.367. The molecule has 0 saturated heterocycles. The van der Waals surface area contributed by atoms with Gasteiger partial charge in [0.2, 0.25) is 22.9 Å². The van der Waals surface area contributed by atoms with Crippen molar-refractivity contribution in [1.82, 2.24) is 25.1 Å². The molecule has 1 fully saturated rings. The molecular weight excluding hydrogens is 613 g/mol. The Morgan fingerprint density at radius 2 is 1.67 bits per heavy atom. The van der Waals surface area contributed by atoms with E-state index in [0.717, 1.165) is 42.6 Å². The van der Waals surface area contributed by atoms with Gasteiger partial charge in [0, 0.05) is 24.7 Å². The van der Waals surface area contributed by atoms with Crippen molar-refractivity contribution in [3.05, 3.63) is 64.2 Å². The fourth-order valence-electron chi connectivity index (χ4n) is 5.11. The Morgan fingerprint density at radius 3 is 2.33 bits per heavy atom. The number of rotatable bonds is 12. The zero-order valence-electron chi connectivity index (χ0n) is 25.4. The molecule has 4 N–H and O–H groups in total. The van der Waals surface area contributed by atoms with E-state index in [1.807, 2.05) is 6.07 Å². The number of carbonyl (C=O) groups excluding carboxylic acids is 1. The third-order valence-electron chi connectivity index (χ3n) is 7.87. The Labute approximate surface area is 266 Å². The van der Waals surface area contributed by atoms with Crippen LogP contribution in [0.4, 0.5) is 28.7 Å². The number of sulfonamides is 1. The lowest BCUT2D eigenvalue weighted by atomic mass is 9.81. The van der Waals surface area contributed by atoms with Crippen molar-refractivity contribution in [2.24, 2.45) is 16.8 Å². The minimum Gasteiger partial charge on any atom is -0.354 e. The topological polar surface area (TPSA) is 176 Å². The molecule has 1 saturated carbocycles. The number of nitrogens with one attached hydrogen (secondary N) is 4. The van der Waals surface area contributed by atoms with E-state index < -0.39 is 10.0 Å². The third kappa shape index (κ3) is 8.36. The molecule has 13 nitrogen and oxygen atoms in total. The number of aryl methyl sites for hydroxylation is 2. The van der Waals surface area contributed by atoms with E-state index in [1.165, 1.54) is 23.3 Å². The van der Waals surface area contributed by atoms with Crippen LogP contribution < -0.4 is 20.7 Å². The van der Waals surface area contributed by atoms with Crippen molar-refractivity contribution in [2.45, 2.75) is 57.9 Å². The van der Waals surface area contributed by atoms with Gasteiger partial charge < -0.3 is 16.0 Å². The maximum Gasteiger partial charge on any atom is 0.263 e. The number of hydrogen-bond donors (Lipinski definition) is 4. The highest BCUT2D eigenvalue weighted by molar-refractivity contribution is 7.93. The lowest BCUT2D eigenvalue weighted by Gasteiger charge is -2.28. The van der Waals surface area contributed by atoms with Crippen LogP contribution >= 0.6 is 11.3 Å². The quantitative estimate of drug-likeness (QED) is 0.148. The summed E-state index contributed by atoms with van der Waals surface area (Å²) < 4.78 is 27.7. The molecule has 1 aliphatic carbocycles. The molecule has 0 unspecified atom stereocenters. The summed E-state index contributed by atoms with van der Waals surface area (Å²) in [7, 11) is -3.81. The minimum absolute atomic E-state index is 0.0693. The van der Waals surface area contributed by atoms with Crippen LogP contribution in [0.15, 0.2) is 52.4 Å². The van der Waals surface area contributed by atoms with Gasteiger partial charge in [-0.2, -0.15) is 15.0 Å². The summed E-state index contributed by atoms with van der Waals surface area (Å²) in [4.78, 5) is 30.1. The lowest BCUT2D eigenvalue weighted by molar-refractivity contribution is -0.121. The first-order valence-corrected chi connectivity index (χ1v) is 16.9. The maximum absolute atomic E-state index is 13.0. The Hall–Kier alpha value is -4.50. The third-order valence-corrected chi connectivity index (χ3v) is 10.1. The van der Waals surface area contributed by atoms with Gasteiger partial charge in [-0.1, -0.05) is 29.5 Å². The van der Waals surface area contributed by atoms with Crippen molar-refractivity contribution >= 4 is 62.6 Å². The first-order chi connectivity index (χ1) is 21.6. The monoisotopic (exact) mass is 648 g/mol. The summed E-state index contributed by atoms with van der Waals surface area (Å²) in [6.07, 6.45) is 3.23. The zero-order valence-corrected chi connectivity index (χ0v) is 27.0. The number of aromatic nitrogens is 5. The van der Waals surface area contributed by atoms with Crippen LogP contribution in [0.5, 0.6) is 0 Å². The first kappa shape index (κ1) is 31.9. The summed E-state index contributed by atoms with van der Waals surface area (Å²) in [6, 6.07) is 12.3. The smallest absolute Gasteiger partial charge is 0.263 e. The highest BCUT2D eigenvalue weighted by Crippen LogP contribution is 2.30. The molecule has 4 aromatic rings. The molecule has 2 heterocycles. The highest BCUT2D eigenvalue weighted by Gasteiger charge is 2.27. The molecule has 0 radical (unpaired) electrons. The second kappa shape index (κ2) is 14.1. The van der Waals surface area contributed by atoms with Crippen molar-refractivity contribution in [3.8, 4) is 0 Å². The summed E-state index contributed by atoms with van der Waals surface area (Å²) in [5.41, 5.74) is 4.15. The van der Waals surface area contributed by atoms with Gasteiger partial charge >= 0.3 is 0 Å². The number of carbonyl (C=O) groups is 1. The standard InChI is InChI=1S/C30H36N10O3S2/c1-18-6-5-7-23(19(18)2)17-33-29-36-27(31-4)35-28(37-29)32-16-21-8-10-22(11-9-21)26(41)34-24-12-14-25(15-13-24)45(42,43)40-30-39-38-20(3)44-30/h5-7,12-15,21-22H,4,8-11,16-17H2,1-3H3,(H,34,41)(H,39,40)(H2,32,33,35,36,37). The van der Waals surface area contributed by atoms with Gasteiger partial charge in [-0.15, -0.1) is 10.2 Å². The van der Waals surface area contributed by atoms with E-state index >= 15 is 0 Å².